The molecule has 0 aliphatic carbocycles. The number of ether oxygens (including phenoxy) is 1. The molecular weight excluding hydrogens is 390 g/mol. The van der Waals surface area contributed by atoms with Crippen molar-refractivity contribution in [2.24, 2.45) is 0 Å². The number of carbonyl (C=O) groups is 1. The zero-order valence-electron chi connectivity index (χ0n) is 17.9. The van der Waals surface area contributed by atoms with Gasteiger partial charge in [0, 0.05) is 20.2 Å². The van der Waals surface area contributed by atoms with Crippen LogP contribution in [0.4, 0.5) is 0 Å². The molecule has 0 spiro atoms. The summed E-state index contributed by atoms with van der Waals surface area (Å²) >= 11 is 0. The molecular formula is C24H29N5O2. The van der Waals surface area contributed by atoms with Gasteiger partial charge in [-0.25, -0.2) is 4.68 Å². The first kappa shape index (κ1) is 21.2. The number of likely N-dealkylation sites (tertiary alicyclic amines) is 1. The minimum absolute atomic E-state index is 0.0536. The van der Waals surface area contributed by atoms with Crippen molar-refractivity contribution in [2.75, 3.05) is 33.3 Å². The third-order valence-electron chi connectivity index (χ3n) is 5.67. The van der Waals surface area contributed by atoms with Gasteiger partial charge in [0.2, 0.25) is 0 Å². The van der Waals surface area contributed by atoms with Crippen LogP contribution in [0.25, 0.3) is 5.69 Å². The Bertz CT molecular complexity index is 954. The smallest absolute Gasteiger partial charge is 0.256 e. The Kier molecular flexibility index (Phi) is 7.07. The van der Waals surface area contributed by atoms with Gasteiger partial charge in [0.25, 0.3) is 5.91 Å². The van der Waals surface area contributed by atoms with E-state index in [1.165, 1.54) is 12.8 Å². The van der Waals surface area contributed by atoms with Crippen molar-refractivity contribution in [1.29, 1.82) is 0 Å². The van der Waals surface area contributed by atoms with Gasteiger partial charge in [-0.05, 0) is 43.6 Å². The predicted molar refractivity (Wildman–Crippen MR) is 119 cm³/mol. The van der Waals surface area contributed by atoms with Crippen LogP contribution < -0.4 is 0 Å². The lowest BCUT2D eigenvalue weighted by Crippen LogP contribution is -2.40. The van der Waals surface area contributed by atoms with E-state index in [9.17, 15) is 4.79 Å². The van der Waals surface area contributed by atoms with E-state index in [1.54, 1.807) is 11.8 Å². The maximum absolute atomic E-state index is 13.5. The Morgan fingerprint density at radius 1 is 1.06 bits per heavy atom. The molecule has 1 amide bonds. The molecule has 2 aromatic carbocycles. The molecule has 7 heteroatoms. The van der Waals surface area contributed by atoms with Crippen molar-refractivity contribution in [3.8, 4) is 5.69 Å². The summed E-state index contributed by atoms with van der Waals surface area (Å²) in [6, 6.07) is 19.5. The Labute approximate surface area is 183 Å². The Morgan fingerprint density at radius 3 is 2.42 bits per heavy atom. The SMILES string of the molecule is CO[C@H](C(=O)N(CCN1CCCC1)Cc1cn(-c2ccccc2)nn1)c1ccccc1. The third kappa shape index (κ3) is 5.37. The first-order valence-electron chi connectivity index (χ1n) is 10.8. The molecule has 0 radical (unpaired) electrons. The van der Waals surface area contributed by atoms with Crippen LogP contribution in [0.3, 0.4) is 0 Å². The van der Waals surface area contributed by atoms with Crippen LogP contribution in [0, 0.1) is 0 Å². The molecule has 0 bridgehead atoms. The van der Waals surface area contributed by atoms with Crippen molar-refractivity contribution in [3.63, 3.8) is 0 Å². The number of hydrogen-bond donors (Lipinski definition) is 0. The first-order chi connectivity index (χ1) is 15.2. The van der Waals surface area contributed by atoms with Crippen LogP contribution in [-0.2, 0) is 16.1 Å². The fourth-order valence-corrected chi connectivity index (χ4v) is 3.98. The number of hydrogen-bond acceptors (Lipinski definition) is 5. The van der Waals surface area contributed by atoms with Gasteiger partial charge in [0.15, 0.2) is 6.10 Å². The van der Waals surface area contributed by atoms with Crippen molar-refractivity contribution in [1.82, 2.24) is 24.8 Å². The summed E-state index contributed by atoms with van der Waals surface area (Å²) in [5, 5.41) is 8.56. The van der Waals surface area contributed by atoms with Crippen LogP contribution in [0.5, 0.6) is 0 Å². The van der Waals surface area contributed by atoms with E-state index in [4.69, 9.17) is 4.74 Å². The van der Waals surface area contributed by atoms with E-state index in [2.05, 4.69) is 15.2 Å². The van der Waals surface area contributed by atoms with Gasteiger partial charge in [-0.2, -0.15) is 0 Å². The molecule has 2 heterocycles. The summed E-state index contributed by atoms with van der Waals surface area (Å²) in [5.41, 5.74) is 2.55. The Hall–Kier alpha value is -3.03. The molecule has 0 unspecified atom stereocenters. The number of carbonyl (C=O) groups excluding carboxylic acids is 1. The van der Waals surface area contributed by atoms with E-state index in [-0.39, 0.29) is 5.91 Å². The highest BCUT2D eigenvalue weighted by atomic mass is 16.5. The number of benzene rings is 2. The molecule has 4 rings (SSSR count). The number of methoxy groups -OCH3 is 1. The molecule has 0 N–H and O–H groups in total. The second-order valence-corrected chi connectivity index (χ2v) is 7.82. The maximum Gasteiger partial charge on any atom is 0.256 e. The largest absolute Gasteiger partial charge is 0.367 e. The number of amides is 1. The van der Waals surface area contributed by atoms with E-state index in [1.807, 2.05) is 71.8 Å². The molecule has 0 saturated carbocycles. The summed E-state index contributed by atoms with van der Waals surface area (Å²) in [5.74, 6) is -0.0536. The minimum Gasteiger partial charge on any atom is -0.367 e. The lowest BCUT2D eigenvalue weighted by Gasteiger charge is -2.28. The van der Waals surface area contributed by atoms with E-state index < -0.39 is 6.10 Å². The summed E-state index contributed by atoms with van der Waals surface area (Å²) in [4.78, 5) is 17.7. The fraction of sp³-hybridized carbons (Fsp3) is 0.375. The molecule has 3 aromatic rings. The topological polar surface area (TPSA) is 63.5 Å². The molecule has 1 aromatic heterocycles. The average molecular weight is 420 g/mol. The van der Waals surface area contributed by atoms with Gasteiger partial charge in [-0.1, -0.05) is 53.7 Å². The normalized spacial score (nSPS) is 15.1. The van der Waals surface area contributed by atoms with Crippen LogP contribution >= 0.6 is 0 Å². The molecule has 1 aliphatic heterocycles. The zero-order chi connectivity index (χ0) is 21.5. The quantitative estimate of drug-likeness (QED) is 0.533. The van der Waals surface area contributed by atoms with Crippen LogP contribution in [-0.4, -0.2) is 64.0 Å². The first-order valence-corrected chi connectivity index (χ1v) is 10.8. The molecule has 1 atom stereocenters. The monoisotopic (exact) mass is 419 g/mol. The van der Waals surface area contributed by atoms with Crippen molar-refractivity contribution >= 4 is 5.91 Å². The van der Waals surface area contributed by atoms with Crippen molar-refractivity contribution in [3.05, 3.63) is 78.1 Å². The number of para-hydroxylation sites is 1. The highest BCUT2D eigenvalue weighted by Gasteiger charge is 2.27. The molecule has 31 heavy (non-hydrogen) atoms. The number of aromatic nitrogens is 3. The van der Waals surface area contributed by atoms with Crippen LogP contribution in [0.2, 0.25) is 0 Å². The van der Waals surface area contributed by atoms with Gasteiger partial charge in [-0.15, -0.1) is 5.10 Å². The fourth-order valence-electron chi connectivity index (χ4n) is 3.98. The van der Waals surface area contributed by atoms with E-state index in [0.29, 0.717) is 13.1 Å². The highest BCUT2D eigenvalue weighted by molar-refractivity contribution is 5.82. The highest BCUT2D eigenvalue weighted by Crippen LogP contribution is 2.21. The number of nitrogens with zero attached hydrogens (tertiary/aromatic N) is 5. The minimum atomic E-state index is -0.635. The van der Waals surface area contributed by atoms with Crippen LogP contribution in [0.1, 0.15) is 30.2 Å². The molecule has 1 saturated heterocycles. The van der Waals surface area contributed by atoms with Gasteiger partial charge in [-0.3, -0.25) is 4.79 Å². The van der Waals surface area contributed by atoms with Crippen LogP contribution in [0.15, 0.2) is 66.9 Å². The molecule has 1 aliphatic rings. The Balaban J connectivity index is 1.52. The standard InChI is InChI=1S/C24H29N5O2/c1-31-23(20-10-4-2-5-11-20)24(30)28(17-16-27-14-8-9-15-27)18-21-19-29(26-25-21)22-12-6-3-7-13-22/h2-7,10-13,19,23H,8-9,14-18H2,1H3/t23-/m0/s1. The van der Waals surface area contributed by atoms with Gasteiger partial charge < -0.3 is 14.5 Å². The summed E-state index contributed by atoms with van der Waals surface area (Å²) in [6.07, 6.45) is 3.70. The third-order valence-corrected chi connectivity index (χ3v) is 5.67. The summed E-state index contributed by atoms with van der Waals surface area (Å²) in [7, 11) is 1.58. The maximum atomic E-state index is 13.5. The molecule has 162 valence electrons. The number of rotatable bonds is 9. The second kappa shape index (κ2) is 10.3. The zero-order valence-corrected chi connectivity index (χ0v) is 17.9. The lowest BCUT2D eigenvalue weighted by atomic mass is 10.1. The average Bonchev–Trinajstić information content (AvgIpc) is 3.51. The Morgan fingerprint density at radius 2 is 1.74 bits per heavy atom. The lowest BCUT2D eigenvalue weighted by molar-refractivity contribution is -0.143. The molecule has 1 fully saturated rings. The van der Waals surface area contributed by atoms with Crippen molar-refractivity contribution in [2.45, 2.75) is 25.5 Å². The summed E-state index contributed by atoms with van der Waals surface area (Å²) in [6.45, 7) is 4.07. The predicted octanol–water partition coefficient (Wildman–Crippen LogP) is 3.08. The van der Waals surface area contributed by atoms with Crippen molar-refractivity contribution < 1.29 is 9.53 Å². The molecule has 7 nitrogen and oxygen atoms in total. The second-order valence-electron chi connectivity index (χ2n) is 7.82. The van der Waals surface area contributed by atoms with Gasteiger partial charge in [0.1, 0.15) is 5.69 Å². The van der Waals surface area contributed by atoms with E-state index in [0.717, 1.165) is 36.6 Å². The van der Waals surface area contributed by atoms with E-state index >= 15 is 0 Å². The van der Waals surface area contributed by atoms with Gasteiger partial charge in [0.05, 0.1) is 18.4 Å². The van der Waals surface area contributed by atoms with Gasteiger partial charge >= 0.3 is 0 Å². The summed E-state index contributed by atoms with van der Waals surface area (Å²) < 4.78 is 7.36.